The number of carbonyl (C=O) groups excluding carboxylic acids is 1. The first-order valence-electron chi connectivity index (χ1n) is 5.35. The number of alkyl halides is 4. The Labute approximate surface area is 102 Å². The molecule has 2 nitrogen and oxygen atoms in total. The van der Waals surface area contributed by atoms with E-state index < -0.39 is 18.3 Å². The molecule has 0 saturated carbocycles. The van der Waals surface area contributed by atoms with Gasteiger partial charge in [0.2, 0.25) is 0 Å². The second kappa shape index (κ2) is 5.37. The van der Waals surface area contributed by atoms with Crippen molar-refractivity contribution < 1.29 is 22.4 Å². The fraction of sp³-hybridized carbons (Fsp3) is 0.417. The fourth-order valence-electron chi connectivity index (χ4n) is 1.51. The largest absolute Gasteiger partial charge is 0.384 e. The van der Waals surface area contributed by atoms with Crippen LogP contribution in [0.25, 0.3) is 0 Å². The molecule has 0 spiro atoms. The van der Waals surface area contributed by atoms with Gasteiger partial charge in [-0.25, -0.2) is 8.78 Å². The molecule has 0 bridgehead atoms. The lowest BCUT2D eigenvalue weighted by molar-refractivity contribution is -0.166. The Morgan fingerprint density at radius 3 is 2.44 bits per heavy atom. The second-order valence-electron chi connectivity index (χ2n) is 3.81. The van der Waals surface area contributed by atoms with Crippen molar-refractivity contribution in [1.29, 1.82) is 0 Å². The first-order chi connectivity index (χ1) is 8.30. The molecule has 1 aromatic carbocycles. The molecular formula is C12H13F4NO. The van der Waals surface area contributed by atoms with Gasteiger partial charge in [-0.05, 0) is 31.5 Å². The lowest BCUT2D eigenvalue weighted by Gasteiger charge is -2.25. The van der Waals surface area contributed by atoms with E-state index in [1.54, 1.807) is 19.1 Å². The monoisotopic (exact) mass is 263 g/mol. The van der Waals surface area contributed by atoms with E-state index in [1.807, 2.05) is 0 Å². The normalized spacial score (nSPS) is 11.7. The molecule has 0 fully saturated rings. The van der Waals surface area contributed by atoms with Gasteiger partial charge in [0.05, 0.1) is 0 Å². The van der Waals surface area contributed by atoms with Crippen LogP contribution < -0.4 is 4.90 Å². The predicted molar refractivity (Wildman–Crippen MR) is 60.2 cm³/mol. The van der Waals surface area contributed by atoms with Gasteiger partial charge in [0, 0.05) is 12.2 Å². The van der Waals surface area contributed by atoms with Gasteiger partial charge in [-0.1, -0.05) is 12.1 Å². The van der Waals surface area contributed by atoms with Crippen LogP contribution in [0.15, 0.2) is 24.3 Å². The van der Waals surface area contributed by atoms with Crippen molar-refractivity contribution in [2.75, 3.05) is 11.4 Å². The zero-order valence-electron chi connectivity index (χ0n) is 9.96. The number of aryl methyl sites for hydroxylation is 1. The Morgan fingerprint density at radius 1 is 1.39 bits per heavy atom. The summed E-state index contributed by atoms with van der Waals surface area (Å²) in [6, 6.07) is 6.20. The summed E-state index contributed by atoms with van der Waals surface area (Å²) in [6.45, 7) is 3.06. The van der Waals surface area contributed by atoms with Crippen LogP contribution in [0.4, 0.5) is 23.2 Å². The molecule has 1 amide bonds. The minimum absolute atomic E-state index is 0.107. The van der Waals surface area contributed by atoms with Crippen LogP contribution in [0.3, 0.4) is 0 Å². The van der Waals surface area contributed by atoms with Crippen LogP contribution >= 0.6 is 0 Å². The molecule has 0 aliphatic carbocycles. The number of carbonyl (C=O) groups is 1. The van der Waals surface area contributed by atoms with Crippen LogP contribution in [0, 0.1) is 6.92 Å². The van der Waals surface area contributed by atoms with Crippen LogP contribution in [0.5, 0.6) is 0 Å². The van der Waals surface area contributed by atoms with Gasteiger partial charge < -0.3 is 4.90 Å². The number of nitrogens with zero attached hydrogens (tertiary/aromatic N) is 1. The van der Waals surface area contributed by atoms with Crippen molar-refractivity contribution in [2.24, 2.45) is 0 Å². The molecule has 0 aromatic heterocycles. The van der Waals surface area contributed by atoms with E-state index in [0.717, 1.165) is 5.56 Å². The van der Waals surface area contributed by atoms with Crippen molar-refractivity contribution in [1.82, 2.24) is 0 Å². The Hall–Kier alpha value is -1.59. The number of rotatable bonds is 4. The highest BCUT2D eigenvalue weighted by Crippen LogP contribution is 2.28. The van der Waals surface area contributed by atoms with Crippen LogP contribution in [-0.2, 0) is 4.79 Å². The third kappa shape index (κ3) is 2.80. The molecule has 1 aromatic rings. The number of hydrogen-bond acceptors (Lipinski definition) is 1. The molecule has 0 heterocycles. The topological polar surface area (TPSA) is 20.3 Å². The molecule has 0 unspecified atom stereocenters. The lowest BCUT2D eigenvalue weighted by atomic mass is 10.2. The highest BCUT2D eigenvalue weighted by Gasteiger charge is 2.51. The summed E-state index contributed by atoms with van der Waals surface area (Å²) in [7, 11) is 0. The number of hydrogen-bond donors (Lipinski definition) is 0. The van der Waals surface area contributed by atoms with Crippen LogP contribution in [-0.4, -0.2) is 24.8 Å². The van der Waals surface area contributed by atoms with E-state index in [0.29, 0.717) is 4.90 Å². The summed E-state index contributed by atoms with van der Waals surface area (Å²) in [5.74, 6) is -6.55. The molecule has 18 heavy (non-hydrogen) atoms. The number of halogens is 4. The zero-order valence-corrected chi connectivity index (χ0v) is 9.96. The van der Waals surface area contributed by atoms with Crippen molar-refractivity contribution in [3.8, 4) is 0 Å². The van der Waals surface area contributed by atoms with E-state index in [4.69, 9.17) is 0 Å². The Bertz CT molecular complexity index is 434. The molecule has 0 N–H and O–H groups in total. The van der Waals surface area contributed by atoms with E-state index >= 15 is 0 Å². The average molecular weight is 263 g/mol. The zero-order chi connectivity index (χ0) is 13.9. The van der Waals surface area contributed by atoms with Gasteiger partial charge in [0.15, 0.2) is 0 Å². The van der Waals surface area contributed by atoms with Gasteiger partial charge in [0.25, 0.3) is 0 Å². The molecule has 1 rings (SSSR count). The average Bonchev–Trinajstić information content (AvgIpc) is 2.29. The highest BCUT2D eigenvalue weighted by molar-refractivity contribution is 5.98. The fourth-order valence-corrected chi connectivity index (χ4v) is 1.51. The van der Waals surface area contributed by atoms with Gasteiger partial charge >= 0.3 is 18.3 Å². The molecular weight excluding hydrogens is 250 g/mol. The van der Waals surface area contributed by atoms with Gasteiger partial charge in [-0.3, -0.25) is 4.79 Å². The van der Waals surface area contributed by atoms with Crippen LogP contribution in [0.2, 0.25) is 0 Å². The Morgan fingerprint density at radius 2 is 2.00 bits per heavy atom. The Balaban J connectivity index is 3.08. The molecule has 0 radical (unpaired) electrons. The summed E-state index contributed by atoms with van der Waals surface area (Å²) in [5, 5.41) is 0. The maximum Gasteiger partial charge on any atom is 0.384 e. The first-order valence-corrected chi connectivity index (χ1v) is 5.35. The Kier molecular flexibility index (Phi) is 4.32. The van der Waals surface area contributed by atoms with Gasteiger partial charge in [0.1, 0.15) is 0 Å². The standard InChI is InChI=1S/C12H13F4NO/c1-3-17(9-6-4-5-8(2)7-9)11(18)12(15,16)10(13)14/h4-7,10H,3H2,1-2H3. The summed E-state index contributed by atoms with van der Waals surface area (Å²) in [6.07, 6.45) is -4.01. The van der Waals surface area contributed by atoms with E-state index in [2.05, 4.69) is 0 Å². The van der Waals surface area contributed by atoms with Crippen molar-refractivity contribution >= 4 is 11.6 Å². The third-order valence-electron chi connectivity index (χ3n) is 2.43. The molecule has 100 valence electrons. The number of amides is 1. The molecule has 0 saturated heterocycles. The molecule has 0 aliphatic rings. The minimum atomic E-state index is -4.67. The summed E-state index contributed by atoms with van der Waals surface area (Å²) in [5.41, 5.74) is 0.932. The molecule has 0 aliphatic heterocycles. The molecule has 0 atom stereocenters. The number of anilines is 1. The van der Waals surface area contributed by atoms with E-state index in [-0.39, 0.29) is 12.2 Å². The summed E-state index contributed by atoms with van der Waals surface area (Å²) < 4.78 is 50.4. The van der Waals surface area contributed by atoms with Crippen molar-refractivity contribution in [2.45, 2.75) is 26.2 Å². The summed E-state index contributed by atoms with van der Waals surface area (Å²) >= 11 is 0. The van der Waals surface area contributed by atoms with Crippen molar-refractivity contribution in [3.05, 3.63) is 29.8 Å². The van der Waals surface area contributed by atoms with Crippen LogP contribution in [0.1, 0.15) is 12.5 Å². The maximum absolute atomic E-state index is 13.0. The third-order valence-corrected chi connectivity index (χ3v) is 2.43. The van der Waals surface area contributed by atoms with E-state index in [1.165, 1.54) is 19.1 Å². The predicted octanol–water partition coefficient (Wildman–Crippen LogP) is 3.25. The van der Waals surface area contributed by atoms with Gasteiger partial charge in [-0.15, -0.1) is 0 Å². The SMILES string of the molecule is CCN(C(=O)C(F)(F)C(F)F)c1cccc(C)c1. The maximum atomic E-state index is 13.0. The second-order valence-corrected chi connectivity index (χ2v) is 3.81. The lowest BCUT2D eigenvalue weighted by Crippen LogP contribution is -2.48. The minimum Gasteiger partial charge on any atom is -0.307 e. The molecule has 6 heteroatoms. The highest BCUT2D eigenvalue weighted by atomic mass is 19.3. The quantitative estimate of drug-likeness (QED) is 0.764. The smallest absolute Gasteiger partial charge is 0.307 e. The van der Waals surface area contributed by atoms with Crippen molar-refractivity contribution in [3.63, 3.8) is 0 Å². The number of benzene rings is 1. The first kappa shape index (κ1) is 14.5. The summed E-state index contributed by atoms with van der Waals surface area (Å²) in [4.78, 5) is 12.1. The van der Waals surface area contributed by atoms with E-state index in [9.17, 15) is 22.4 Å². The van der Waals surface area contributed by atoms with Gasteiger partial charge in [-0.2, -0.15) is 8.78 Å².